The van der Waals surface area contributed by atoms with E-state index in [1.165, 1.54) is 11.8 Å². The predicted octanol–water partition coefficient (Wildman–Crippen LogP) is 5.02. The Morgan fingerprint density at radius 2 is 1.89 bits per heavy atom. The lowest BCUT2D eigenvalue weighted by Gasteiger charge is -2.35. The molecule has 2 aliphatic rings. The Bertz CT molecular complexity index is 1270. The zero-order valence-electron chi connectivity index (χ0n) is 20.0. The van der Waals surface area contributed by atoms with Crippen LogP contribution < -0.4 is 4.74 Å². The van der Waals surface area contributed by atoms with E-state index in [4.69, 9.17) is 14.6 Å². The molecule has 0 spiro atoms. The SMILES string of the molecule is CCOc1cccc(-c2nn(-c3ccccc3)cc2C=C2SC(N3CC(C)OC(C)C3)=NC2=O)c1. The Morgan fingerprint density at radius 1 is 1.11 bits per heavy atom. The van der Waals surface area contributed by atoms with Crippen molar-refractivity contribution in [1.29, 1.82) is 0 Å². The van der Waals surface area contributed by atoms with Crippen LogP contribution in [0.3, 0.4) is 0 Å². The molecule has 3 aromatic rings. The number of aromatic nitrogens is 2. The van der Waals surface area contributed by atoms with Gasteiger partial charge in [0.25, 0.3) is 5.91 Å². The average Bonchev–Trinajstić information content (AvgIpc) is 3.43. The summed E-state index contributed by atoms with van der Waals surface area (Å²) in [5.41, 5.74) is 3.49. The average molecular weight is 489 g/mol. The van der Waals surface area contributed by atoms with Gasteiger partial charge in [-0.25, -0.2) is 4.68 Å². The topological polar surface area (TPSA) is 68.9 Å². The van der Waals surface area contributed by atoms with Crippen molar-refractivity contribution in [2.75, 3.05) is 19.7 Å². The van der Waals surface area contributed by atoms with Gasteiger partial charge in [0.15, 0.2) is 5.17 Å². The molecule has 5 rings (SSSR count). The van der Waals surface area contributed by atoms with Crippen molar-refractivity contribution in [2.45, 2.75) is 33.0 Å². The van der Waals surface area contributed by atoms with Gasteiger partial charge in [0.1, 0.15) is 11.4 Å². The molecule has 1 amide bonds. The number of nitrogens with zero attached hydrogens (tertiary/aromatic N) is 4. The molecular weight excluding hydrogens is 460 g/mol. The Hall–Kier alpha value is -3.36. The van der Waals surface area contributed by atoms with Crippen LogP contribution in [0.25, 0.3) is 23.0 Å². The highest BCUT2D eigenvalue weighted by Gasteiger charge is 2.31. The standard InChI is InChI=1S/C27H28N4O3S/c1-4-33-23-12-8-9-20(13-23)25-21(17-31(29-25)22-10-6-5-7-11-22)14-24-26(32)28-27(35-24)30-15-18(2)34-19(3)16-30/h5-14,17-19H,4,15-16H2,1-3H3. The summed E-state index contributed by atoms with van der Waals surface area (Å²) in [7, 11) is 0. The maximum Gasteiger partial charge on any atom is 0.286 e. The number of hydrogen-bond acceptors (Lipinski definition) is 6. The van der Waals surface area contributed by atoms with Crippen LogP contribution in [0.5, 0.6) is 5.75 Å². The van der Waals surface area contributed by atoms with Gasteiger partial charge in [0.05, 0.1) is 29.4 Å². The van der Waals surface area contributed by atoms with Gasteiger partial charge < -0.3 is 14.4 Å². The second-order valence-corrected chi connectivity index (χ2v) is 9.66. The van der Waals surface area contributed by atoms with Crippen molar-refractivity contribution in [3.63, 3.8) is 0 Å². The molecular formula is C27H28N4O3S. The minimum Gasteiger partial charge on any atom is -0.494 e. The monoisotopic (exact) mass is 488 g/mol. The molecule has 0 aliphatic carbocycles. The fourth-order valence-electron chi connectivity index (χ4n) is 4.34. The first-order valence-corrected chi connectivity index (χ1v) is 12.6. The molecule has 180 valence electrons. The Kier molecular flexibility index (Phi) is 6.74. The van der Waals surface area contributed by atoms with E-state index in [1.807, 2.05) is 92.3 Å². The number of aliphatic imine (C=N–C) groups is 1. The van der Waals surface area contributed by atoms with E-state index in [9.17, 15) is 4.79 Å². The van der Waals surface area contributed by atoms with Crippen LogP contribution in [0.4, 0.5) is 0 Å². The van der Waals surface area contributed by atoms with Gasteiger partial charge in [-0.15, -0.1) is 0 Å². The van der Waals surface area contributed by atoms with E-state index in [-0.39, 0.29) is 18.1 Å². The molecule has 2 aliphatic heterocycles. The first kappa shape index (κ1) is 23.4. The van der Waals surface area contributed by atoms with E-state index in [0.717, 1.165) is 46.5 Å². The third-order valence-electron chi connectivity index (χ3n) is 5.77. The van der Waals surface area contributed by atoms with Crippen LogP contribution in [0.15, 0.2) is 70.7 Å². The van der Waals surface area contributed by atoms with Crippen molar-refractivity contribution < 1.29 is 14.3 Å². The number of rotatable bonds is 5. The maximum absolute atomic E-state index is 12.9. The molecule has 2 aromatic carbocycles. The third kappa shape index (κ3) is 5.18. The van der Waals surface area contributed by atoms with Gasteiger partial charge in [-0.1, -0.05) is 30.3 Å². The molecule has 1 fully saturated rings. The van der Waals surface area contributed by atoms with E-state index < -0.39 is 0 Å². The van der Waals surface area contributed by atoms with Crippen molar-refractivity contribution in [1.82, 2.24) is 14.7 Å². The summed E-state index contributed by atoms with van der Waals surface area (Å²) in [6, 6.07) is 17.8. The highest BCUT2D eigenvalue weighted by Crippen LogP contribution is 2.34. The summed E-state index contributed by atoms with van der Waals surface area (Å²) in [5.74, 6) is 0.559. The highest BCUT2D eigenvalue weighted by molar-refractivity contribution is 8.18. The number of thioether (sulfide) groups is 1. The summed E-state index contributed by atoms with van der Waals surface area (Å²) in [6.45, 7) is 8.08. The normalized spacial score (nSPS) is 21.5. The van der Waals surface area contributed by atoms with E-state index in [2.05, 4.69) is 9.89 Å². The molecule has 8 heteroatoms. The number of ether oxygens (including phenoxy) is 2. The zero-order chi connectivity index (χ0) is 24.4. The smallest absolute Gasteiger partial charge is 0.286 e. The quantitative estimate of drug-likeness (QED) is 0.470. The van der Waals surface area contributed by atoms with Crippen molar-refractivity contribution in [3.8, 4) is 22.7 Å². The Balaban J connectivity index is 1.50. The second kappa shape index (κ2) is 10.1. The van der Waals surface area contributed by atoms with Crippen molar-refractivity contribution >= 4 is 28.9 Å². The first-order valence-electron chi connectivity index (χ1n) is 11.8. The molecule has 1 aromatic heterocycles. The Labute approximate surface area is 209 Å². The number of amides is 1. The molecule has 35 heavy (non-hydrogen) atoms. The lowest BCUT2D eigenvalue weighted by Crippen LogP contribution is -2.47. The van der Waals surface area contributed by atoms with Crippen LogP contribution in [0, 0.1) is 0 Å². The van der Waals surface area contributed by atoms with Gasteiger partial charge in [-0.05, 0) is 62.9 Å². The third-order valence-corrected chi connectivity index (χ3v) is 6.81. The van der Waals surface area contributed by atoms with Gasteiger partial charge in [0, 0.05) is 30.4 Å². The van der Waals surface area contributed by atoms with Gasteiger partial charge >= 0.3 is 0 Å². The molecule has 2 unspecified atom stereocenters. The summed E-state index contributed by atoms with van der Waals surface area (Å²) >= 11 is 1.41. The molecule has 3 heterocycles. The summed E-state index contributed by atoms with van der Waals surface area (Å²) in [4.78, 5) is 20.0. The summed E-state index contributed by atoms with van der Waals surface area (Å²) < 4.78 is 13.4. The summed E-state index contributed by atoms with van der Waals surface area (Å²) in [5, 5.41) is 5.61. The lowest BCUT2D eigenvalue weighted by atomic mass is 10.1. The molecule has 0 radical (unpaired) electrons. The van der Waals surface area contributed by atoms with Crippen LogP contribution in [-0.4, -0.2) is 57.7 Å². The zero-order valence-corrected chi connectivity index (χ0v) is 20.9. The van der Waals surface area contributed by atoms with Crippen LogP contribution in [0.2, 0.25) is 0 Å². The number of carbonyl (C=O) groups excluding carboxylic acids is 1. The largest absolute Gasteiger partial charge is 0.494 e. The fraction of sp³-hybridized carbons (Fsp3) is 0.296. The Morgan fingerprint density at radius 3 is 2.63 bits per heavy atom. The first-order chi connectivity index (χ1) is 17.0. The van der Waals surface area contributed by atoms with Gasteiger partial charge in [-0.2, -0.15) is 10.1 Å². The van der Waals surface area contributed by atoms with Crippen LogP contribution in [-0.2, 0) is 9.53 Å². The number of amidine groups is 1. The maximum atomic E-state index is 12.9. The van der Waals surface area contributed by atoms with Crippen LogP contribution in [0.1, 0.15) is 26.3 Å². The fourth-order valence-corrected chi connectivity index (χ4v) is 5.26. The van der Waals surface area contributed by atoms with E-state index >= 15 is 0 Å². The number of carbonyl (C=O) groups is 1. The molecule has 0 saturated carbocycles. The molecule has 2 atom stereocenters. The highest BCUT2D eigenvalue weighted by atomic mass is 32.2. The predicted molar refractivity (Wildman–Crippen MR) is 140 cm³/mol. The van der Waals surface area contributed by atoms with E-state index in [0.29, 0.717) is 11.5 Å². The second-order valence-electron chi connectivity index (χ2n) is 8.65. The van der Waals surface area contributed by atoms with Crippen LogP contribution >= 0.6 is 11.8 Å². The number of para-hydroxylation sites is 1. The number of benzene rings is 2. The van der Waals surface area contributed by atoms with Gasteiger partial charge in [0.2, 0.25) is 0 Å². The lowest BCUT2D eigenvalue weighted by molar-refractivity contribution is -0.113. The molecule has 0 bridgehead atoms. The molecule has 0 N–H and O–H groups in total. The minimum atomic E-state index is -0.224. The summed E-state index contributed by atoms with van der Waals surface area (Å²) in [6.07, 6.45) is 4.04. The van der Waals surface area contributed by atoms with Gasteiger partial charge in [-0.3, -0.25) is 4.79 Å². The van der Waals surface area contributed by atoms with E-state index in [1.54, 1.807) is 0 Å². The van der Waals surface area contributed by atoms with Crippen molar-refractivity contribution in [2.24, 2.45) is 4.99 Å². The number of hydrogen-bond donors (Lipinski definition) is 0. The molecule has 1 saturated heterocycles. The van der Waals surface area contributed by atoms with Crippen molar-refractivity contribution in [3.05, 3.63) is 71.3 Å². The number of morpholine rings is 1. The molecule has 7 nitrogen and oxygen atoms in total. The minimum absolute atomic E-state index is 0.0958.